The number of ketones is 1. The van der Waals surface area contributed by atoms with Gasteiger partial charge in [0.25, 0.3) is 0 Å². The van der Waals surface area contributed by atoms with E-state index >= 15 is 0 Å². The van der Waals surface area contributed by atoms with Gasteiger partial charge < -0.3 is 14.2 Å². The van der Waals surface area contributed by atoms with Crippen LogP contribution in [0.5, 0.6) is 0 Å². The monoisotopic (exact) mass is 322 g/mol. The Morgan fingerprint density at radius 1 is 1.39 bits per heavy atom. The summed E-state index contributed by atoms with van der Waals surface area (Å²) in [5.74, 6) is -0.435. The van der Waals surface area contributed by atoms with Gasteiger partial charge in [0.1, 0.15) is 11.2 Å². The number of esters is 1. The minimum absolute atomic E-state index is 0.00661. The quantitative estimate of drug-likeness (QED) is 0.454. The number of carbonyl (C=O) groups is 2. The van der Waals surface area contributed by atoms with Crippen LogP contribution in [-0.2, 0) is 23.8 Å². The molecule has 2 fully saturated rings. The van der Waals surface area contributed by atoms with Gasteiger partial charge in [-0.05, 0) is 50.7 Å². The molecule has 0 amide bonds. The summed E-state index contributed by atoms with van der Waals surface area (Å²) in [5, 5.41) is 0. The lowest BCUT2D eigenvalue weighted by Gasteiger charge is -2.55. The molecular formula is C18H26O5. The Kier molecular flexibility index (Phi) is 4.13. The Labute approximate surface area is 137 Å². The van der Waals surface area contributed by atoms with Crippen molar-refractivity contribution in [2.45, 2.75) is 58.8 Å². The highest BCUT2D eigenvalue weighted by atomic mass is 16.7. The second kappa shape index (κ2) is 5.71. The fourth-order valence-corrected chi connectivity index (χ4v) is 4.89. The van der Waals surface area contributed by atoms with E-state index in [4.69, 9.17) is 14.2 Å². The van der Waals surface area contributed by atoms with Gasteiger partial charge in [-0.2, -0.15) is 0 Å². The largest absolute Gasteiger partial charge is 0.465 e. The second-order valence-corrected chi connectivity index (χ2v) is 7.30. The third-order valence-electron chi connectivity index (χ3n) is 6.17. The molecule has 5 heteroatoms. The van der Waals surface area contributed by atoms with E-state index in [1.165, 1.54) is 5.57 Å². The Bertz CT molecular complexity index is 554. The Morgan fingerprint density at radius 3 is 2.78 bits per heavy atom. The first-order valence-corrected chi connectivity index (χ1v) is 8.47. The van der Waals surface area contributed by atoms with E-state index in [0.29, 0.717) is 13.0 Å². The number of fused-ring (bicyclic) bond motifs is 3. The van der Waals surface area contributed by atoms with Gasteiger partial charge in [0.15, 0.2) is 6.29 Å². The van der Waals surface area contributed by atoms with Gasteiger partial charge >= 0.3 is 5.97 Å². The smallest absolute Gasteiger partial charge is 0.319 e. The summed E-state index contributed by atoms with van der Waals surface area (Å²) in [6, 6.07) is 0. The topological polar surface area (TPSA) is 61.8 Å². The number of hydrogen-bond donors (Lipinski definition) is 0. The minimum atomic E-state index is -1.07. The molecule has 3 aliphatic rings. The van der Waals surface area contributed by atoms with Crippen LogP contribution in [0.15, 0.2) is 11.6 Å². The zero-order valence-corrected chi connectivity index (χ0v) is 14.4. The van der Waals surface area contributed by atoms with Crippen molar-refractivity contribution in [1.29, 1.82) is 0 Å². The van der Waals surface area contributed by atoms with Crippen LogP contribution in [-0.4, -0.2) is 37.9 Å². The molecule has 128 valence electrons. The fraction of sp³-hybridized carbons (Fsp3) is 0.778. The van der Waals surface area contributed by atoms with Gasteiger partial charge in [-0.3, -0.25) is 9.59 Å². The van der Waals surface area contributed by atoms with E-state index in [0.717, 1.165) is 19.3 Å². The molecule has 2 unspecified atom stereocenters. The van der Waals surface area contributed by atoms with Crippen LogP contribution in [0.1, 0.15) is 46.5 Å². The maximum Gasteiger partial charge on any atom is 0.319 e. The molecular weight excluding hydrogens is 296 g/mol. The van der Waals surface area contributed by atoms with Crippen molar-refractivity contribution in [3.8, 4) is 0 Å². The number of methoxy groups -OCH3 is 1. The summed E-state index contributed by atoms with van der Waals surface area (Å²) in [6.07, 6.45) is 4.43. The highest BCUT2D eigenvalue weighted by molar-refractivity contribution is 6.04. The molecule has 1 aliphatic heterocycles. The maximum atomic E-state index is 12.7. The SMILES string of the molecule is CCOC(=O)[C@@]1(C)C(=O)CC[C@]2(C)C3OC(OC)C=C3CC[C@@H]12. The van der Waals surface area contributed by atoms with Crippen molar-refractivity contribution >= 4 is 11.8 Å². The average Bonchev–Trinajstić information content (AvgIpc) is 2.96. The van der Waals surface area contributed by atoms with Crippen LogP contribution in [0.2, 0.25) is 0 Å². The average molecular weight is 322 g/mol. The molecule has 0 bridgehead atoms. The van der Waals surface area contributed by atoms with E-state index in [-0.39, 0.29) is 35.5 Å². The predicted octanol–water partition coefficient (Wildman–Crippen LogP) is 2.63. The zero-order valence-electron chi connectivity index (χ0n) is 14.4. The number of carbonyl (C=O) groups excluding carboxylic acids is 2. The van der Waals surface area contributed by atoms with Crippen molar-refractivity contribution in [2.24, 2.45) is 16.7 Å². The molecule has 5 atom stereocenters. The van der Waals surface area contributed by atoms with Gasteiger partial charge in [-0.15, -0.1) is 0 Å². The Morgan fingerprint density at radius 2 is 2.13 bits per heavy atom. The molecule has 0 radical (unpaired) electrons. The molecule has 3 rings (SSSR count). The second-order valence-electron chi connectivity index (χ2n) is 7.30. The molecule has 0 aromatic carbocycles. The van der Waals surface area contributed by atoms with Crippen molar-refractivity contribution in [2.75, 3.05) is 13.7 Å². The first kappa shape index (κ1) is 16.7. The molecule has 0 saturated heterocycles. The third kappa shape index (κ3) is 2.28. The maximum absolute atomic E-state index is 12.7. The van der Waals surface area contributed by atoms with Crippen LogP contribution in [0.4, 0.5) is 0 Å². The third-order valence-corrected chi connectivity index (χ3v) is 6.17. The molecule has 0 aromatic heterocycles. The first-order chi connectivity index (χ1) is 10.9. The molecule has 5 nitrogen and oxygen atoms in total. The van der Waals surface area contributed by atoms with Gasteiger partial charge in [-0.25, -0.2) is 0 Å². The molecule has 1 heterocycles. The Balaban J connectivity index is 1.97. The highest BCUT2D eigenvalue weighted by Crippen LogP contribution is 2.60. The normalized spacial score (nSPS) is 42.7. The molecule has 0 N–H and O–H groups in total. The zero-order chi connectivity index (χ0) is 16.8. The number of Topliss-reactive ketones (excluding diaryl/α,β-unsaturated/α-hetero) is 1. The summed E-state index contributed by atoms with van der Waals surface area (Å²) in [7, 11) is 1.63. The first-order valence-electron chi connectivity index (χ1n) is 8.47. The molecule has 0 spiro atoms. The van der Waals surface area contributed by atoms with E-state index in [9.17, 15) is 9.59 Å². The van der Waals surface area contributed by atoms with Crippen LogP contribution in [0, 0.1) is 16.7 Å². The number of hydrogen-bond acceptors (Lipinski definition) is 5. The van der Waals surface area contributed by atoms with Gasteiger partial charge in [0.05, 0.1) is 12.7 Å². The van der Waals surface area contributed by atoms with Crippen LogP contribution < -0.4 is 0 Å². The summed E-state index contributed by atoms with van der Waals surface area (Å²) < 4.78 is 16.7. The van der Waals surface area contributed by atoms with Gasteiger partial charge in [-0.1, -0.05) is 6.92 Å². The van der Waals surface area contributed by atoms with Crippen LogP contribution in [0.3, 0.4) is 0 Å². The minimum Gasteiger partial charge on any atom is -0.465 e. The van der Waals surface area contributed by atoms with Gasteiger partial charge in [0, 0.05) is 18.9 Å². The lowest BCUT2D eigenvalue weighted by atomic mass is 9.49. The lowest BCUT2D eigenvalue weighted by Crippen LogP contribution is -2.59. The van der Waals surface area contributed by atoms with Crippen LogP contribution >= 0.6 is 0 Å². The van der Waals surface area contributed by atoms with Gasteiger partial charge in [0.2, 0.25) is 0 Å². The van der Waals surface area contributed by atoms with E-state index < -0.39 is 5.41 Å². The van der Waals surface area contributed by atoms with E-state index in [1.807, 2.05) is 6.08 Å². The molecule has 2 aliphatic carbocycles. The summed E-state index contributed by atoms with van der Waals surface area (Å²) in [6.45, 7) is 5.99. The number of ether oxygens (including phenoxy) is 3. The molecule has 23 heavy (non-hydrogen) atoms. The van der Waals surface area contributed by atoms with Crippen molar-refractivity contribution in [3.63, 3.8) is 0 Å². The predicted molar refractivity (Wildman–Crippen MR) is 83.6 cm³/mol. The van der Waals surface area contributed by atoms with E-state index in [1.54, 1.807) is 21.0 Å². The van der Waals surface area contributed by atoms with Crippen LogP contribution in [0.25, 0.3) is 0 Å². The number of rotatable bonds is 3. The summed E-state index contributed by atoms with van der Waals surface area (Å²) >= 11 is 0. The summed E-state index contributed by atoms with van der Waals surface area (Å²) in [5.41, 5.74) is -0.0632. The molecule has 0 aromatic rings. The van der Waals surface area contributed by atoms with Crippen molar-refractivity contribution in [1.82, 2.24) is 0 Å². The molecule has 2 saturated carbocycles. The summed E-state index contributed by atoms with van der Waals surface area (Å²) in [4.78, 5) is 25.3. The highest BCUT2D eigenvalue weighted by Gasteiger charge is 2.63. The fourth-order valence-electron chi connectivity index (χ4n) is 4.89. The Hall–Kier alpha value is -1.20. The van der Waals surface area contributed by atoms with E-state index in [2.05, 4.69) is 6.92 Å². The standard InChI is InChI=1S/C18H26O5/c1-5-22-16(20)18(3)12-7-6-11-10-14(21-4)23-15(11)17(12,2)9-8-13(18)19/h10,12,14-15H,5-9H2,1-4H3/t12-,14?,15?,17+,18-/m1/s1. The van der Waals surface area contributed by atoms with Crippen molar-refractivity contribution in [3.05, 3.63) is 11.6 Å². The van der Waals surface area contributed by atoms with Crippen molar-refractivity contribution < 1.29 is 23.8 Å². The lowest BCUT2D eigenvalue weighted by molar-refractivity contribution is -0.190.